The first-order chi connectivity index (χ1) is 12.8. The van der Waals surface area contributed by atoms with Crippen LogP contribution in [-0.4, -0.2) is 35.1 Å². The maximum Gasteiger partial charge on any atom is 0.335 e. The number of nitrogens with one attached hydrogen (secondary N) is 1. The smallest absolute Gasteiger partial charge is 0.335 e. The molecular weight excluding hydrogens is 346 g/mol. The van der Waals surface area contributed by atoms with Crippen molar-refractivity contribution in [2.45, 2.75) is 0 Å². The maximum atomic E-state index is 11.9. The molecule has 3 rings (SSSR count). The van der Waals surface area contributed by atoms with Gasteiger partial charge in [0.15, 0.2) is 5.82 Å². The van der Waals surface area contributed by atoms with Crippen LogP contribution in [0.25, 0.3) is 22.5 Å². The zero-order chi connectivity index (χ0) is 19.7. The third-order valence-corrected chi connectivity index (χ3v) is 4.18. The van der Waals surface area contributed by atoms with Gasteiger partial charge in [0.2, 0.25) is 0 Å². The molecule has 0 aliphatic carbocycles. The number of H-pyrrole nitrogens is 1. The minimum absolute atomic E-state index is 0.0199. The van der Waals surface area contributed by atoms with Gasteiger partial charge in [-0.2, -0.15) is 0 Å². The predicted molar refractivity (Wildman–Crippen MR) is 106 cm³/mol. The summed E-state index contributed by atoms with van der Waals surface area (Å²) in [6, 6.07) is 12.2. The minimum Gasteiger partial charge on any atom is -0.478 e. The summed E-state index contributed by atoms with van der Waals surface area (Å²) in [4.78, 5) is 31.6. The molecule has 0 fully saturated rings. The summed E-state index contributed by atoms with van der Waals surface area (Å²) in [6.45, 7) is 0. The van der Waals surface area contributed by atoms with Crippen LogP contribution in [0, 0.1) is 0 Å². The molecule has 0 radical (unpaired) electrons. The van der Waals surface area contributed by atoms with E-state index in [1.54, 1.807) is 30.3 Å². The quantitative estimate of drug-likeness (QED) is 0.555. The molecule has 138 valence electrons. The van der Waals surface area contributed by atoms with E-state index in [1.165, 1.54) is 0 Å². The maximum absolute atomic E-state index is 11.9. The van der Waals surface area contributed by atoms with Crippen LogP contribution >= 0.6 is 0 Å². The number of aromatic nitrogens is 2. The van der Waals surface area contributed by atoms with E-state index in [0.717, 1.165) is 16.8 Å². The van der Waals surface area contributed by atoms with Gasteiger partial charge in [0.1, 0.15) is 11.5 Å². The van der Waals surface area contributed by atoms with Crippen LogP contribution in [-0.2, 0) is 0 Å². The molecule has 0 bridgehead atoms. The van der Waals surface area contributed by atoms with Gasteiger partial charge in [0.05, 0.1) is 5.56 Å². The monoisotopic (exact) mass is 365 g/mol. The van der Waals surface area contributed by atoms with Crippen LogP contribution in [0.3, 0.4) is 0 Å². The lowest BCUT2D eigenvalue weighted by atomic mass is 9.99. The van der Waals surface area contributed by atoms with Gasteiger partial charge in [0, 0.05) is 30.9 Å². The second-order valence-corrected chi connectivity index (χ2v) is 6.22. The molecule has 1 heterocycles. The van der Waals surface area contributed by atoms with Crippen LogP contribution in [0.2, 0.25) is 0 Å². The molecule has 8 nitrogen and oxygen atoms in total. The molecule has 0 aliphatic heterocycles. The van der Waals surface area contributed by atoms with Crippen molar-refractivity contribution < 1.29 is 9.90 Å². The van der Waals surface area contributed by atoms with Gasteiger partial charge >= 0.3 is 5.97 Å². The molecule has 0 saturated carbocycles. The van der Waals surface area contributed by atoms with E-state index < -0.39 is 11.5 Å². The topological polar surface area (TPSA) is 138 Å². The lowest BCUT2D eigenvalue weighted by Gasteiger charge is -2.19. The van der Waals surface area contributed by atoms with Gasteiger partial charge in [-0.1, -0.05) is 24.3 Å². The number of nitrogens with two attached hydrogens (primary N) is 2. The van der Waals surface area contributed by atoms with Gasteiger partial charge in [-0.15, -0.1) is 0 Å². The molecule has 0 aliphatic rings. The number of rotatable bonds is 4. The number of aromatic amines is 1. The fourth-order valence-electron chi connectivity index (χ4n) is 2.72. The molecule has 8 heteroatoms. The highest BCUT2D eigenvalue weighted by atomic mass is 16.4. The third kappa shape index (κ3) is 3.45. The largest absolute Gasteiger partial charge is 0.478 e. The standard InChI is InChI=1S/C19H19N5O3/c1-24(2)14-9-12(17-22-16(21)15(20)18(25)23-17)7-8-13(14)10-3-5-11(6-4-10)19(26)27/h3-9H,20H2,1-2H3,(H,26,27)(H3,21,22,23,25). The van der Waals surface area contributed by atoms with Crippen molar-refractivity contribution in [2.24, 2.45) is 0 Å². The van der Waals surface area contributed by atoms with Gasteiger partial charge in [-0.25, -0.2) is 9.78 Å². The highest BCUT2D eigenvalue weighted by Gasteiger charge is 2.13. The van der Waals surface area contributed by atoms with Gasteiger partial charge in [0.25, 0.3) is 5.56 Å². The Morgan fingerprint density at radius 1 is 1.07 bits per heavy atom. The predicted octanol–water partition coefficient (Wildman–Crippen LogP) is 2.03. The number of hydrogen-bond acceptors (Lipinski definition) is 6. The van der Waals surface area contributed by atoms with Crippen molar-refractivity contribution >= 4 is 23.2 Å². The summed E-state index contributed by atoms with van der Waals surface area (Å²) in [7, 11) is 3.78. The molecule has 3 aromatic rings. The van der Waals surface area contributed by atoms with E-state index in [-0.39, 0.29) is 17.1 Å². The number of hydrogen-bond donors (Lipinski definition) is 4. The highest BCUT2D eigenvalue weighted by Crippen LogP contribution is 2.33. The van der Waals surface area contributed by atoms with Crippen LogP contribution in [0.4, 0.5) is 17.2 Å². The molecule has 0 amide bonds. The van der Waals surface area contributed by atoms with E-state index in [1.807, 2.05) is 31.1 Å². The van der Waals surface area contributed by atoms with Crippen LogP contribution in [0.1, 0.15) is 10.4 Å². The van der Waals surface area contributed by atoms with Crippen molar-refractivity contribution in [3.8, 4) is 22.5 Å². The summed E-state index contributed by atoms with van der Waals surface area (Å²) < 4.78 is 0. The molecule has 0 unspecified atom stereocenters. The number of nitrogens with zero attached hydrogens (tertiary/aromatic N) is 2. The lowest BCUT2D eigenvalue weighted by molar-refractivity contribution is 0.0697. The molecular formula is C19H19N5O3. The number of benzene rings is 2. The third-order valence-electron chi connectivity index (χ3n) is 4.18. The number of carbonyl (C=O) groups is 1. The van der Waals surface area contributed by atoms with Crippen molar-refractivity contribution in [2.75, 3.05) is 30.5 Å². The number of carboxylic acids is 1. The van der Waals surface area contributed by atoms with Crippen molar-refractivity contribution in [1.82, 2.24) is 9.97 Å². The Hall–Kier alpha value is -3.81. The second kappa shape index (κ2) is 6.83. The first-order valence-electron chi connectivity index (χ1n) is 8.08. The van der Waals surface area contributed by atoms with E-state index in [9.17, 15) is 9.59 Å². The summed E-state index contributed by atoms with van der Waals surface area (Å²) in [5.41, 5.74) is 14.2. The Labute approximate surface area is 155 Å². The average Bonchev–Trinajstić information content (AvgIpc) is 2.65. The first-order valence-corrected chi connectivity index (χ1v) is 8.08. The number of anilines is 3. The Morgan fingerprint density at radius 3 is 2.26 bits per heavy atom. The Bertz CT molecular complexity index is 1070. The highest BCUT2D eigenvalue weighted by molar-refractivity contribution is 5.89. The van der Waals surface area contributed by atoms with E-state index in [2.05, 4.69) is 9.97 Å². The van der Waals surface area contributed by atoms with Gasteiger partial charge in [-0.05, 0) is 23.8 Å². The number of carboxylic acid groups (broad SMARTS) is 1. The SMILES string of the molecule is CN(C)c1cc(-c2nc(N)c(N)c(=O)[nH]2)ccc1-c1ccc(C(=O)O)cc1. The fraction of sp³-hybridized carbons (Fsp3) is 0.105. The molecule has 2 aromatic carbocycles. The Morgan fingerprint density at radius 2 is 1.70 bits per heavy atom. The van der Waals surface area contributed by atoms with Crippen molar-refractivity contribution in [3.63, 3.8) is 0 Å². The molecule has 1 aromatic heterocycles. The van der Waals surface area contributed by atoms with E-state index >= 15 is 0 Å². The molecule has 0 atom stereocenters. The zero-order valence-corrected chi connectivity index (χ0v) is 14.9. The van der Waals surface area contributed by atoms with E-state index in [4.69, 9.17) is 16.6 Å². The van der Waals surface area contributed by atoms with Crippen LogP contribution in [0.15, 0.2) is 47.3 Å². The lowest BCUT2D eigenvalue weighted by Crippen LogP contribution is -2.17. The summed E-state index contributed by atoms with van der Waals surface area (Å²) in [5, 5.41) is 9.05. The number of aromatic carboxylic acids is 1. The van der Waals surface area contributed by atoms with Crippen LogP contribution in [0.5, 0.6) is 0 Å². The minimum atomic E-state index is -0.972. The second-order valence-electron chi connectivity index (χ2n) is 6.22. The average molecular weight is 365 g/mol. The zero-order valence-electron chi connectivity index (χ0n) is 14.9. The molecule has 0 spiro atoms. The van der Waals surface area contributed by atoms with Crippen molar-refractivity contribution in [1.29, 1.82) is 0 Å². The molecule has 6 N–H and O–H groups in total. The van der Waals surface area contributed by atoms with Gasteiger partial charge < -0.3 is 26.5 Å². The summed E-state index contributed by atoms with van der Waals surface area (Å²) >= 11 is 0. The van der Waals surface area contributed by atoms with E-state index in [0.29, 0.717) is 11.4 Å². The summed E-state index contributed by atoms with van der Waals surface area (Å²) in [5.74, 6) is -0.670. The molecule has 0 saturated heterocycles. The normalized spacial score (nSPS) is 10.6. The Balaban J connectivity index is 2.11. The molecule has 27 heavy (non-hydrogen) atoms. The first kappa shape index (κ1) is 18.0. The fourth-order valence-corrected chi connectivity index (χ4v) is 2.72. The Kier molecular flexibility index (Phi) is 4.55. The van der Waals surface area contributed by atoms with Gasteiger partial charge in [-0.3, -0.25) is 4.79 Å². The van der Waals surface area contributed by atoms with Crippen molar-refractivity contribution in [3.05, 3.63) is 58.4 Å². The van der Waals surface area contributed by atoms with Crippen LogP contribution < -0.4 is 21.9 Å². The summed E-state index contributed by atoms with van der Waals surface area (Å²) in [6.07, 6.45) is 0. The number of nitrogen functional groups attached to an aromatic ring is 2.